The molecule has 0 aliphatic rings. The first-order valence-electron chi connectivity index (χ1n) is 8.12. The highest BCUT2D eigenvalue weighted by atomic mass is 19.2. The van der Waals surface area contributed by atoms with Crippen LogP contribution < -0.4 is 9.47 Å². The summed E-state index contributed by atoms with van der Waals surface area (Å²) >= 11 is 0. The summed E-state index contributed by atoms with van der Waals surface area (Å²) in [5.74, 6) is -11.1. The number of hydrogen-bond acceptors (Lipinski definition) is 3. The fourth-order valence-electron chi connectivity index (χ4n) is 2.30. The Morgan fingerprint density at radius 1 is 0.852 bits per heavy atom. The molecule has 0 unspecified atom stereocenters. The fraction of sp³-hybridized carbons (Fsp3) is 0.316. The second-order valence-electron chi connectivity index (χ2n) is 5.84. The number of unbranched alkanes of at least 4 members (excludes halogenated alkanes) is 1. The number of carbonyl (C=O) groups excluding carboxylic acids is 1. The van der Waals surface area contributed by atoms with Crippen molar-refractivity contribution in [1.82, 2.24) is 0 Å². The van der Waals surface area contributed by atoms with Gasteiger partial charge in [-0.2, -0.15) is 8.78 Å². The molecule has 3 nitrogen and oxygen atoms in total. The average Bonchev–Trinajstić information content (AvgIpc) is 2.64. The standard InChI is InChI=1S/C19H17F5O3/c1-10-9-12(11(2)25)5-6-13(10)26-7-3-4-8-27-19-17(23)15(21)14(20)16(22)18(19)24/h5-6,9H,3-4,7-8H2,1-2H3. The van der Waals surface area contributed by atoms with E-state index in [0.29, 0.717) is 17.7 Å². The predicted octanol–water partition coefficient (Wildman–Crippen LogP) is 5.13. The highest BCUT2D eigenvalue weighted by Gasteiger charge is 2.26. The van der Waals surface area contributed by atoms with Crippen LogP contribution >= 0.6 is 0 Å². The maximum absolute atomic E-state index is 13.4. The largest absolute Gasteiger partial charge is 0.493 e. The number of rotatable bonds is 8. The first kappa shape index (κ1) is 20.7. The van der Waals surface area contributed by atoms with Crippen molar-refractivity contribution in [2.45, 2.75) is 26.7 Å². The second kappa shape index (κ2) is 8.83. The molecule has 0 saturated carbocycles. The van der Waals surface area contributed by atoms with Crippen LogP contribution in [0.5, 0.6) is 11.5 Å². The summed E-state index contributed by atoms with van der Waals surface area (Å²) in [5.41, 5.74) is 1.34. The highest BCUT2D eigenvalue weighted by molar-refractivity contribution is 5.94. The molecule has 0 amide bonds. The molecule has 0 radical (unpaired) electrons. The Kier molecular flexibility index (Phi) is 6.76. The molecular weight excluding hydrogens is 371 g/mol. The summed E-state index contributed by atoms with van der Waals surface area (Å²) in [7, 11) is 0. The van der Waals surface area contributed by atoms with E-state index in [9.17, 15) is 26.7 Å². The van der Waals surface area contributed by atoms with E-state index in [2.05, 4.69) is 0 Å². The number of ketones is 1. The summed E-state index contributed by atoms with van der Waals surface area (Å²) in [5, 5.41) is 0. The number of benzene rings is 2. The summed E-state index contributed by atoms with van der Waals surface area (Å²) in [6, 6.07) is 5.00. The third kappa shape index (κ3) is 4.75. The lowest BCUT2D eigenvalue weighted by Crippen LogP contribution is -2.09. The third-order valence-corrected chi connectivity index (χ3v) is 3.79. The van der Waals surface area contributed by atoms with E-state index >= 15 is 0 Å². The Balaban J connectivity index is 1.83. The van der Waals surface area contributed by atoms with Gasteiger partial charge in [-0.15, -0.1) is 0 Å². The van der Waals surface area contributed by atoms with Gasteiger partial charge in [0.2, 0.25) is 29.1 Å². The van der Waals surface area contributed by atoms with Gasteiger partial charge < -0.3 is 9.47 Å². The summed E-state index contributed by atoms with van der Waals surface area (Å²) in [4.78, 5) is 11.3. The second-order valence-corrected chi connectivity index (χ2v) is 5.84. The van der Waals surface area contributed by atoms with Crippen LogP contribution in [0.4, 0.5) is 22.0 Å². The van der Waals surface area contributed by atoms with Gasteiger partial charge in [0.05, 0.1) is 13.2 Å². The van der Waals surface area contributed by atoms with Crippen molar-refractivity contribution in [2.24, 2.45) is 0 Å². The molecule has 0 saturated heterocycles. The normalized spacial score (nSPS) is 10.8. The quantitative estimate of drug-likeness (QED) is 0.207. The van der Waals surface area contributed by atoms with Crippen LogP contribution in [0.3, 0.4) is 0 Å². The molecule has 146 valence electrons. The zero-order chi connectivity index (χ0) is 20.1. The Bertz CT molecular complexity index is 823. The van der Waals surface area contributed by atoms with Crippen LogP contribution in [0.2, 0.25) is 0 Å². The monoisotopic (exact) mass is 388 g/mol. The zero-order valence-electron chi connectivity index (χ0n) is 14.7. The predicted molar refractivity (Wildman–Crippen MR) is 87.6 cm³/mol. The van der Waals surface area contributed by atoms with Crippen molar-refractivity contribution in [2.75, 3.05) is 13.2 Å². The highest BCUT2D eigenvalue weighted by Crippen LogP contribution is 2.29. The van der Waals surface area contributed by atoms with E-state index in [1.54, 1.807) is 25.1 Å². The van der Waals surface area contributed by atoms with Crippen LogP contribution in [0, 0.1) is 36.0 Å². The van der Waals surface area contributed by atoms with Gasteiger partial charge in [0, 0.05) is 5.56 Å². The SMILES string of the molecule is CC(=O)c1ccc(OCCCCOc2c(F)c(F)c(F)c(F)c2F)c(C)c1. The van der Waals surface area contributed by atoms with Gasteiger partial charge in [0.1, 0.15) is 5.75 Å². The maximum atomic E-state index is 13.4. The minimum Gasteiger partial charge on any atom is -0.493 e. The first-order chi connectivity index (χ1) is 12.7. The van der Waals surface area contributed by atoms with Crippen molar-refractivity contribution in [1.29, 1.82) is 0 Å². The van der Waals surface area contributed by atoms with Crippen molar-refractivity contribution >= 4 is 5.78 Å². The number of ether oxygens (including phenoxy) is 2. The summed E-state index contributed by atoms with van der Waals surface area (Å²) in [6.45, 7) is 3.25. The number of halogens is 5. The van der Waals surface area contributed by atoms with E-state index in [4.69, 9.17) is 9.47 Å². The zero-order valence-corrected chi connectivity index (χ0v) is 14.7. The van der Waals surface area contributed by atoms with Crippen LogP contribution in [0.15, 0.2) is 18.2 Å². The average molecular weight is 388 g/mol. The van der Waals surface area contributed by atoms with Crippen LogP contribution in [-0.4, -0.2) is 19.0 Å². The topological polar surface area (TPSA) is 35.5 Å². The van der Waals surface area contributed by atoms with Gasteiger partial charge in [0.15, 0.2) is 11.5 Å². The van der Waals surface area contributed by atoms with Crippen LogP contribution in [0.25, 0.3) is 0 Å². The summed E-state index contributed by atoms with van der Waals surface area (Å²) < 4.78 is 76.2. The maximum Gasteiger partial charge on any atom is 0.206 e. The molecule has 0 atom stereocenters. The molecule has 0 bridgehead atoms. The van der Waals surface area contributed by atoms with Crippen LogP contribution in [0.1, 0.15) is 35.7 Å². The van der Waals surface area contributed by atoms with E-state index in [-0.39, 0.29) is 25.4 Å². The Morgan fingerprint density at radius 3 is 1.89 bits per heavy atom. The smallest absolute Gasteiger partial charge is 0.206 e. The number of carbonyl (C=O) groups is 1. The first-order valence-corrected chi connectivity index (χ1v) is 8.12. The van der Waals surface area contributed by atoms with E-state index in [1.807, 2.05) is 0 Å². The molecule has 2 aromatic carbocycles. The molecule has 0 fully saturated rings. The molecule has 2 rings (SSSR count). The molecule has 2 aromatic rings. The van der Waals surface area contributed by atoms with Gasteiger partial charge in [-0.1, -0.05) is 0 Å². The molecule has 0 aromatic heterocycles. The molecule has 27 heavy (non-hydrogen) atoms. The lowest BCUT2D eigenvalue weighted by molar-refractivity contribution is 0.101. The number of aryl methyl sites for hydroxylation is 1. The van der Waals surface area contributed by atoms with Crippen molar-refractivity contribution in [3.63, 3.8) is 0 Å². The molecule has 8 heteroatoms. The van der Waals surface area contributed by atoms with Gasteiger partial charge in [-0.3, -0.25) is 4.79 Å². The third-order valence-electron chi connectivity index (χ3n) is 3.79. The molecule has 0 heterocycles. The van der Waals surface area contributed by atoms with Gasteiger partial charge in [-0.25, -0.2) is 13.2 Å². The Morgan fingerprint density at radius 2 is 1.37 bits per heavy atom. The van der Waals surface area contributed by atoms with Gasteiger partial charge >= 0.3 is 0 Å². The molecule has 0 spiro atoms. The number of Topliss-reactive ketones (excluding diaryl/α,β-unsaturated/α-hetero) is 1. The minimum atomic E-state index is -2.23. The van der Waals surface area contributed by atoms with Crippen molar-refractivity contribution in [3.05, 3.63) is 58.4 Å². The van der Waals surface area contributed by atoms with E-state index < -0.39 is 34.8 Å². The molecule has 0 aliphatic heterocycles. The summed E-state index contributed by atoms with van der Waals surface area (Å²) in [6.07, 6.45) is 0.688. The lowest BCUT2D eigenvalue weighted by atomic mass is 10.1. The Labute approximate surface area is 152 Å². The van der Waals surface area contributed by atoms with Crippen LogP contribution in [-0.2, 0) is 0 Å². The molecule has 0 aliphatic carbocycles. The number of hydrogen-bond donors (Lipinski definition) is 0. The van der Waals surface area contributed by atoms with Crippen molar-refractivity contribution < 1.29 is 36.2 Å². The molecular formula is C19H17F5O3. The molecule has 0 N–H and O–H groups in total. The van der Waals surface area contributed by atoms with E-state index in [0.717, 1.165) is 5.56 Å². The Hall–Kier alpha value is -2.64. The lowest BCUT2D eigenvalue weighted by Gasteiger charge is -2.11. The van der Waals surface area contributed by atoms with Gasteiger partial charge in [-0.05, 0) is 50.5 Å². The van der Waals surface area contributed by atoms with Crippen molar-refractivity contribution in [3.8, 4) is 11.5 Å². The van der Waals surface area contributed by atoms with E-state index in [1.165, 1.54) is 6.92 Å². The van der Waals surface area contributed by atoms with Gasteiger partial charge in [0.25, 0.3) is 0 Å². The fourth-order valence-corrected chi connectivity index (χ4v) is 2.30. The minimum absolute atomic E-state index is 0.0603.